The molecule has 2 fully saturated rings. The van der Waals surface area contributed by atoms with Crippen molar-refractivity contribution < 1.29 is 8.78 Å². The van der Waals surface area contributed by atoms with Crippen molar-refractivity contribution in [2.24, 2.45) is 5.92 Å². The Hall–Kier alpha value is -0.220. The van der Waals surface area contributed by atoms with E-state index >= 15 is 0 Å². The van der Waals surface area contributed by atoms with Crippen molar-refractivity contribution in [2.45, 2.75) is 64.0 Å². The minimum absolute atomic E-state index is 0.0976. The van der Waals surface area contributed by atoms with Gasteiger partial charge in [-0.2, -0.15) is 0 Å². The number of rotatable bonds is 5. The molecule has 0 radical (unpaired) electrons. The Morgan fingerprint density at radius 2 is 2.11 bits per heavy atom. The lowest BCUT2D eigenvalue weighted by Crippen LogP contribution is -2.42. The first-order chi connectivity index (χ1) is 8.46. The summed E-state index contributed by atoms with van der Waals surface area (Å²) < 4.78 is 26.4. The molecule has 2 unspecified atom stereocenters. The van der Waals surface area contributed by atoms with Crippen molar-refractivity contribution in [3.8, 4) is 0 Å². The average molecular weight is 260 g/mol. The first-order valence-corrected chi connectivity index (χ1v) is 7.31. The van der Waals surface area contributed by atoms with E-state index in [-0.39, 0.29) is 18.8 Å². The molecule has 1 aliphatic carbocycles. The van der Waals surface area contributed by atoms with E-state index in [4.69, 9.17) is 0 Å². The first-order valence-electron chi connectivity index (χ1n) is 7.31. The van der Waals surface area contributed by atoms with Crippen LogP contribution < -0.4 is 5.32 Å². The molecule has 1 aliphatic heterocycles. The number of hydrogen-bond donors (Lipinski definition) is 1. The van der Waals surface area contributed by atoms with Gasteiger partial charge in [0.15, 0.2) is 0 Å². The maximum absolute atomic E-state index is 13.2. The van der Waals surface area contributed by atoms with Crippen molar-refractivity contribution in [3.63, 3.8) is 0 Å². The number of nitrogens with one attached hydrogen (secondary N) is 1. The van der Waals surface area contributed by atoms with Crippen LogP contribution in [0.15, 0.2) is 0 Å². The molecule has 2 nitrogen and oxygen atoms in total. The fraction of sp³-hybridized carbons (Fsp3) is 1.00. The van der Waals surface area contributed by atoms with E-state index in [1.54, 1.807) is 0 Å². The molecule has 0 amide bonds. The van der Waals surface area contributed by atoms with Crippen molar-refractivity contribution in [1.82, 2.24) is 10.2 Å². The van der Waals surface area contributed by atoms with Gasteiger partial charge in [0, 0.05) is 38.0 Å². The molecule has 1 heterocycles. The highest BCUT2D eigenvalue weighted by Gasteiger charge is 2.40. The molecule has 0 aromatic rings. The second-order valence-electron chi connectivity index (χ2n) is 6.32. The van der Waals surface area contributed by atoms with Gasteiger partial charge < -0.3 is 5.32 Å². The van der Waals surface area contributed by atoms with E-state index in [9.17, 15) is 8.78 Å². The maximum Gasteiger partial charge on any atom is 0.248 e. The molecule has 4 heteroatoms. The molecular formula is C14H26F2N2. The summed E-state index contributed by atoms with van der Waals surface area (Å²) in [6.45, 7) is 7.26. The van der Waals surface area contributed by atoms with Gasteiger partial charge in [-0.3, -0.25) is 4.90 Å². The van der Waals surface area contributed by atoms with Gasteiger partial charge in [-0.25, -0.2) is 8.78 Å². The van der Waals surface area contributed by atoms with Crippen molar-refractivity contribution in [1.29, 1.82) is 0 Å². The van der Waals surface area contributed by atoms with Gasteiger partial charge in [0.25, 0.3) is 0 Å². The van der Waals surface area contributed by atoms with Crippen molar-refractivity contribution in [3.05, 3.63) is 0 Å². The third-order valence-corrected chi connectivity index (χ3v) is 4.26. The highest BCUT2D eigenvalue weighted by Crippen LogP contribution is 2.39. The molecule has 0 bridgehead atoms. The van der Waals surface area contributed by atoms with Gasteiger partial charge in [0.2, 0.25) is 5.92 Å². The van der Waals surface area contributed by atoms with Crippen LogP contribution in [0.5, 0.6) is 0 Å². The molecule has 0 aromatic carbocycles. The second kappa shape index (κ2) is 5.83. The Balaban J connectivity index is 1.77. The van der Waals surface area contributed by atoms with Crippen LogP contribution in [-0.2, 0) is 0 Å². The molecule has 0 aromatic heterocycles. The zero-order valence-electron chi connectivity index (χ0n) is 11.6. The lowest BCUT2D eigenvalue weighted by molar-refractivity contribution is 0.00322. The van der Waals surface area contributed by atoms with Crippen LogP contribution >= 0.6 is 0 Å². The summed E-state index contributed by atoms with van der Waals surface area (Å²) in [5.74, 6) is -2.18. The molecule has 1 saturated carbocycles. The monoisotopic (exact) mass is 260 g/mol. The molecule has 1 N–H and O–H groups in total. The highest BCUT2D eigenvalue weighted by molar-refractivity contribution is 4.87. The van der Waals surface area contributed by atoms with E-state index in [1.807, 2.05) is 0 Å². The van der Waals surface area contributed by atoms with Crippen LogP contribution in [-0.4, -0.2) is 42.5 Å². The number of alkyl halides is 2. The molecule has 2 aliphatic rings. The SMILES string of the molecule is CC(C)NCC1CCCN1CC1CCC(F)(F)C1. The normalized spacial score (nSPS) is 32.5. The highest BCUT2D eigenvalue weighted by atomic mass is 19.3. The predicted octanol–water partition coefficient (Wildman–Crippen LogP) is 2.88. The number of halogens is 2. The smallest absolute Gasteiger partial charge is 0.248 e. The van der Waals surface area contributed by atoms with Gasteiger partial charge in [0.05, 0.1) is 0 Å². The van der Waals surface area contributed by atoms with Crippen molar-refractivity contribution >= 4 is 0 Å². The number of likely N-dealkylation sites (tertiary alicyclic amines) is 1. The Morgan fingerprint density at radius 1 is 1.33 bits per heavy atom. The third-order valence-electron chi connectivity index (χ3n) is 4.26. The summed E-state index contributed by atoms with van der Waals surface area (Å²) in [6.07, 6.45) is 3.33. The molecule has 1 saturated heterocycles. The predicted molar refractivity (Wildman–Crippen MR) is 70.0 cm³/mol. The molecule has 18 heavy (non-hydrogen) atoms. The zero-order chi connectivity index (χ0) is 13.2. The third kappa shape index (κ3) is 3.89. The second-order valence-corrected chi connectivity index (χ2v) is 6.32. The average Bonchev–Trinajstić information content (AvgIpc) is 2.83. The molecule has 106 valence electrons. The van der Waals surface area contributed by atoms with Crippen LogP contribution in [0.1, 0.15) is 46.0 Å². The fourth-order valence-corrected chi connectivity index (χ4v) is 3.27. The van der Waals surface area contributed by atoms with Gasteiger partial charge in [-0.15, -0.1) is 0 Å². The van der Waals surface area contributed by atoms with Gasteiger partial charge in [0.1, 0.15) is 0 Å². The van der Waals surface area contributed by atoms with E-state index in [0.29, 0.717) is 18.5 Å². The van der Waals surface area contributed by atoms with E-state index in [1.165, 1.54) is 12.8 Å². The Kier molecular flexibility index (Phi) is 4.59. The van der Waals surface area contributed by atoms with E-state index in [0.717, 1.165) is 19.6 Å². The zero-order valence-corrected chi connectivity index (χ0v) is 11.6. The standard InChI is InChI=1S/C14H26F2N2/c1-11(2)17-9-13-4-3-7-18(13)10-12-5-6-14(15,16)8-12/h11-13,17H,3-10H2,1-2H3. The van der Waals surface area contributed by atoms with Crippen LogP contribution in [0.25, 0.3) is 0 Å². The summed E-state index contributed by atoms with van der Waals surface area (Å²) >= 11 is 0. The number of nitrogens with zero attached hydrogens (tertiary/aromatic N) is 1. The van der Waals surface area contributed by atoms with Crippen LogP contribution in [0.2, 0.25) is 0 Å². The minimum atomic E-state index is -2.39. The topological polar surface area (TPSA) is 15.3 Å². The minimum Gasteiger partial charge on any atom is -0.313 e. The molecule has 2 rings (SSSR count). The summed E-state index contributed by atoms with van der Waals surface area (Å²) in [5.41, 5.74) is 0. The largest absolute Gasteiger partial charge is 0.313 e. The van der Waals surface area contributed by atoms with E-state index < -0.39 is 5.92 Å². The lowest BCUT2D eigenvalue weighted by atomic mass is 10.1. The molecule has 2 atom stereocenters. The quantitative estimate of drug-likeness (QED) is 0.817. The van der Waals surface area contributed by atoms with Crippen LogP contribution in [0.3, 0.4) is 0 Å². The summed E-state index contributed by atoms with van der Waals surface area (Å²) in [7, 11) is 0. The first kappa shape index (κ1) is 14.2. The van der Waals surface area contributed by atoms with E-state index in [2.05, 4.69) is 24.1 Å². The number of hydrogen-bond acceptors (Lipinski definition) is 2. The summed E-state index contributed by atoms with van der Waals surface area (Å²) in [6, 6.07) is 1.06. The van der Waals surface area contributed by atoms with Gasteiger partial charge >= 0.3 is 0 Å². The lowest BCUT2D eigenvalue weighted by Gasteiger charge is -2.28. The summed E-state index contributed by atoms with van der Waals surface area (Å²) in [4.78, 5) is 2.43. The Labute approximate surface area is 109 Å². The molecular weight excluding hydrogens is 234 g/mol. The fourth-order valence-electron chi connectivity index (χ4n) is 3.27. The summed E-state index contributed by atoms with van der Waals surface area (Å²) in [5, 5.41) is 3.47. The van der Waals surface area contributed by atoms with Crippen LogP contribution in [0.4, 0.5) is 8.78 Å². The Bertz CT molecular complexity index is 269. The molecule has 0 spiro atoms. The van der Waals surface area contributed by atoms with Gasteiger partial charge in [-0.05, 0) is 31.7 Å². The van der Waals surface area contributed by atoms with Crippen molar-refractivity contribution in [2.75, 3.05) is 19.6 Å². The van der Waals surface area contributed by atoms with Gasteiger partial charge in [-0.1, -0.05) is 13.8 Å². The Morgan fingerprint density at radius 3 is 2.72 bits per heavy atom. The van der Waals surface area contributed by atoms with Crippen LogP contribution in [0, 0.1) is 5.92 Å². The maximum atomic E-state index is 13.2.